The van der Waals surface area contributed by atoms with Crippen LogP contribution in [0, 0.1) is 0 Å². The lowest BCUT2D eigenvalue weighted by Gasteiger charge is -2.32. The van der Waals surface area contributed by atoms with Crippen LogP contribution in [0.5, 0.6) is 0 Å². The Morgan fingerprint density at radius 2 is 1.41 bits per heavy atom. The summed E-state index contributed by atoms with van der Waals surface area (Å²) in [4.78, 5) is 25.5. The first-order chi connectivity index (χ1) is 12.9. The van der Waals surface area contributed by atoms with Gasteiger partial charge in [-0.25, -0.2) is 8.78 Å². The molecule has 140 valence electrons. The van der Waals surface area contributed by atoms with Crippen LogP contribution in [0.3, 0.4) is 0 Å². The Morgan fingerprint density at radius 1 is 0.926 bits per heavy atom. The third-order valence-corrected chi connectivity index (χ3v) is 4.27. The summed E-state index contributed by atoms with van der Waals surface area (Å²) < 4.78 is 41.2. The zero-order valence-electron chi connectivity index (χ0n) is 14.7. The van der Waals surface area contributed by atoms with E-state index in [1.165, 1.54) is 48.3 Å². The summed E-state index contributed by atoms with van der Waals surface area (Å²) in [6.07, 6.45) is 0. The molecule has 0 spiro atoms. The first-order valence-electron chi connectivity index (χ1n) is 8.43. The fourth-order valence-electron chi connectivity index (χ4n) is 3.03. The van der Waals surface area contributed by atoms with Crippen LogP contribution in [-0.2, 0) is 24.8 Å². The van der Waals surface area contributed by atoms with Crippen LogP contribution in [-0.4, -0.2) is 44.1 Å². The predicted molar refractivity (Wildman–Crippen MR) is 95.0 cm³/mol. The smallest absolute Gasteiger partial charge is 0.498 e. The van der Waals surface area contributed by atoms with Gasteiger partial charge in [-0.2, -0.15) is 0 Å². The van der Waals surface area contributed by atoms with Crippen LogP contribution >= 0.6 is 0 Å². The van der Waals surface area contributed by atoms with E-state index in [9.17, 15) is 9.59 Å². The van der Waals surface area contributed by atoms with E-state index in [0.29, 0.717) is 0 Å². The molecule has 0 bridgehead atoms. The van der Waals surface area contributed by atoms with Crippen LogP contribution in [0.2, 0.25) is 0 Å². The molecule has 0 radical (unpaired) electrons. The monoisotopic (exact) mass is 373 g/mol. The second kappa shape index (κ2) is 7.88. The number of hydrogen-bond donors (Lipinski definition) is 0. The van der Waals surface area contributed by atoms with Crippen molar-refractivity contribution in [2.45, 2.75) is 11.7 Å². The van der Waals surface area contributed by atoms with E-state index in [-0.39, 0.29) is 24.2 Å². The molecule has 1 aliphatic rings. The van der Waals surface area contributed by atoms with E-state index >= 15 is 8.78 Å². The van der Waals surface area contributed by atoms with Gasteiger partial charge in [0.1, 0.15) is 5.82 Å². The van der Waals surface area contributed by atoms with E-state index in [4.69, 9.17) is 9.31 Å². The molecule has 1 unspecified atom stereocenters. The Hall–Kier alpha value is -2.74. The first-order valence-corrected chi connectivity index (χ1v) is 8.43. The number of hydrogen-bond acceptors (Lipinski definition) is 5. The summed E-state index contributed by atoms with van der Waals surface area (Å²) >= 11 is 0. The molecule has 2 aromatic rings. The Morgan fingerprint density at radius 3 is 1.93 bits per heavy atom. The maximum absolute atomic E-state index is 15.5. The van der Waals surface area contributed by atoms with Crippen molar-refractivity contribution in [2.24, 2.45) is 0 Å². The van der Waals surface area contributed by atoms with Gasteiger partial charge >= 0.3 is 19.1 Å². The average molecular weight is 373 g/mol. The molecular formula is C19H18BF2NO4. The van der Waals surface area contributed by atoms with Gasteiger partial charge in [-0.1, -0.05) is 60.7 Å². The van der Waals surface area contributed by atoms with Crippen LogP contribution < -0.4 is 0 Å². The van der Waals surface area contributed by atoms with Gasteiger partial charge in [0.25, 0.3) is 5.92 Å². The lowest BCUT2D eigenvalue weighted by molar-refractivity contribution is -0.147. The largest absolute Gasteiger partial charge is 0.613 e. The van der Waals surface area contributed by atoms with Gasteiger partial charge in [0.05, 0.1) is 13.1 Å². The standard InChI is InChI=1S/C19H18BF2NO4/c1-23-12-16(24)26-20(27-17(25)13-23)18(14-8-4-2-5-9-14)19(21,22)15-10-6-3-7-11-15/h2-11,18H,12-13H2,1H3. The molecule has 0 aliphatic carbocycles. The zero-order chi connectivity index (χ0) is 19.4. The number of halogens is 2. The molecule has 1 aliphatic heterocycles. The van der Waals surface area contributed by atoms with Crippen molar-refractivity contribution in [3.63, 3.8) is 0 Å². The van der Waals surface area contributed by atoms with Gasteiger partial charge in [0, 0.05) is 5.56 Å². The molecule has 0 amide bonds. The van der Waals surface area contributed by atoms with Crippen molar-refractivity contribution in [1.82, 2.24) is 4.90 Å². The number of rotatable bonds is 4. The first kappa shape index (κ1) is 19.0. The maximum atomic E-state index is 15.5. The highest BCUT2D eigenvalue weighted by atomic mass is 19.3. The molecular weight excluding hydrogens is 355 g/mol. The van der Waals surface area contributed by atoms with E-state index < -0.39 is 30.8 Å². The normalized spacial score (nSPS) is 17.5. The Balaban J connectivity index is 2.04. The molecule has 2 aromatic carbocycles. The van der Waals surface area contributed by atoms with Crippen LogP contribution in [0.4, 0.5) is 8.78 Å². The molecule has 1 heterocycles. The predicted octanol–water partition coefficient (Wildman–Crippen LogP) is 2.62. The second-order valence-electron chi connectivity index (χ2n) is 6.40. The van der Waals surface area contributed by atoms with Crippen molar-refractivity contribution >= 4 is 19.1 Å². The van der Waals surface area contributed by atoms with Gasteiger partial charge in [-0.3, -0.25) is 14.5 Å². The van der Waals surface area contributed by atoms with Crippen LogP contribution in [0.15, 0.2) is 60.7 Å². The van der Waals surface area contributed by atoms with Gasteiger partial charge in [-0.05, 0) is 12.6 Å². The Bertz CT molecular complexity index is 784. The summed E-state index contributed by atoms with van der Waals surface area (Å²) in [5.74, 6) is -6.60. The van der Waals surface area contributed by atoms with Crippen LogP contribution in [0.1, 0.15) is 16.9 Å². The van der Waals surface area contributed by atoms with Crippen molar-refractivity contribution in [3.05, 3.63) is 71.8 Å². The summed E-state index contributed by atoms with van der Waals surface area (Å²) in [6, 6.07) is 15.1. The average Bonchev–Trinajstić information content (AvgIpc) is 2.61. The molecule has 5 nitrogen and oxygen atoms in total. The highest BCUT2D eigenvalue weighted by molar-refractivity contribution is 6.51. The molecule has 1 saturated heterocycles. The Kier molecular flexibility index (Phi) is 5.55. The molecule has 0 N–H and O–H groups in total. The minimum atomic E-state index is -3.45. The molecule has 0 aromatic heterocycles. The SMILES string of the molecule is CN1CC(=O)OB(C(c2ccccc2)C(F)(F)c2ccccc2)OC(=O)C1. The van der Waals surface area contributed by atoms with E-state index in [1.54, 1.807) is 24.3 Å². The third-order valence-electron chi connectivity index (χ3n) is 4.27. The highest BCUT2D eigenvalue weighted by Gasteiger charge is 2.55. The van der Waals surface area contributed by atoms with E-state index in [1.807, 2.05) is 0 Å². The molecule has 1 fully saturated rings. The number of alkyl halides is 2. The van der Waals surface area contributed by atoms with Crippen molar-refractivity contribution in [1.29, 1.82) is 0 Å². The summed E-state index contributed by atoms with van der Waals surface area (Å²) in [6.45, 7) is -0.381. The number of carbonyl (C=O) groups is 2. The number of carbonyl (C=O) groups excluding carboxylic acids is 2. The molecule has 8 heteroatoms. The zero-order valence-corrected chi connectivity index (χ0v) is 14.7. The summed E-state index contributed by atoms with van der Waals surface area (Å²) in [7, 11) is -0.202. The van der Waals surface area contributed by atoms with E-state index in [2.05, 4.69) is 0 Å². The quantitative estimate of drug-likeness (QED) is 0.772. The minimum Gasteiger partial charge on any atom is -0.498 e. The maximum Gasteiger partial charge on any atom is 0.613 e. The summed E-state index contributed by atoms with van der Waals surface area (Å²) in [5.41, 5.74) is -0.0593. The van der Waals surface area contributed by atoms with Gasteiger partial charge in [0.15, 0.2) is 0 Å². The minimum absolute atomic E-state index is 0.190. The van der Waals surface area contributed by atoms with Gasteiger partial charge in [0.2, 0.25) is 0 Å². The highest BCUT2D eigenvalue weighted by Crippen LogP contribution is 2.44. The van der Waals surface area contributed by atoms with Crippen molar-refractivity contribution in [3.8, 4) is 0 Å². The molecule has 0 saturated carbocycles. The number of likely N-dealkylation sites (N-methyl/N-ethyl adjacent to an activating group) is 1. The van der Waals surface area contributed by atoms with E-state index in [0.717, 1.165) is 0 Å². The van der Waals surface area contributed by atoms with Crippen molar-refractivity contribution in [2.75, 3.05) is 20.1 Å². The topological polar surface area (TPSA) is 55.8 Å². The Labute approximate surface area is 156 Å². The fourth-order valence-corrected chi connectivity index (χ4v) is 3.03. The fraction of sp³-hybridized carbons (Fsp3) is 0.263. The van der Waals surface area contributed by atoms with Gasteiger partial charge in [-0.15, -0.1) is 0 Å². The molecule has 1 atom stereocenters. The lowest BCUT2D eigenvalue weighted by Crippen LogP contribution is -2.48. The van der Waals surface area contributed by atoms with Crippen molar-refractivity contribution < 1.29 is 27.7 Å². The van der Waals surface area contributed by atoms with Crippen LogP contribution in [0.25, 0.3) is 0 Å². The van der Waals surface area contributed by atoms with Gasteiger partial charge < -0.3 is 9.31 Å². The second-order valence-corrected chi connectivity index (χ2v) is 6.40. The number of nitrogens with zero attached hydrogens (tertiary/aromatic N) is 1. The number of benzene rings is 2. The molecule has 3 rings (SSSR count). The third kappa shape index (κ3) is 4.33. The summed E-state index contributed by atoms with van der Waals surface area (Å²) in [5, 5.41) is 0. The molecule has 27 heavy (non-hydrogen) atoms. The lowest BCUT2D eigenvalue weighted by atomic mass is 9.62.